The molecular formula is C18H19N3O2. The van der Waals surface area contributed by atoms with Crippen LogP contribution in [0.5, 0.6) is 0 Å². The summed E-state index contributed by atoms with van der Waals surface area (Å²) in [5.74, 6) is -0.941. The third kappa shape index (κ3) is 3.23. The lowest BCUT2D eigenvalue weighted by atomic mass is 10.1. The number of para-hydroxylation sites is 1. The van der Waals surface area contributed by atoms with Crippen LogP contribution in [-0.4, -0.2) is 23.3 Å². The molecule has 2 heterocycles. The van der Waals surface area contributed by atoms with E-state index in [0.717, 1.165) is 16.8 Å². The molecule has 0 spiro atoms. The Kier molecular flexibility index (Phi) is 4.37. The van der Waals surface area contributed by atoms with Gasteiger partial charge in [0.1, 0.15) is 5.92 Å². The Morgan fingerprint density at radius 1 is 1.30 bits per heavy atom. The molecule has 3 rings (SSSR count). The van der Waals surface area contributed by atoms with Gasteiger partial charge in [-0.05, 0) is 36.6 Å². The standard InChI is InChI=1S/C18H19N3O2/c1-13-5-2-3-7-16(13)21-10-8-15(18(21)23)17(22)20-12-14-6-4-9-19-11-14/h2-7,9,11,15H,8,10,12H2,1H3,(H,20,22). The van der Waals surface area contributed by atoms with Crippen molar-refractivity contribution in [2.24, 2.45) is 5.92 Å². The zero-order valence-electron chi connectivity index (χ0n) is 13.0. The topological polar surface area (TPSA) is 62.3 Å². The number of nitrogens with one attached hydrogen (secondary N) is 1. The zero-order chi connectivity index (χ0) is 16.2. The third-order valence-electron chi connectivity index (χ3n) is 4.12. The first-order chi connectivity index (χ1) is 11.2. The lowest BCUT2D eigenvalue weighted by Gasteiger charge is -2.19. The lowest BCUT2D eigenvalue weighted by Crippen LogP contribution is -2.36. The number of pyridine rings is 1. The monoisotopic (exact) mass is 309 g/mol. The van der Waals surface area contributed by atoms with E-state index in [9.17, 15) is 9.59 Å². The molecule has 2 amide bonds. The van der Waals surface area contributed by atoms with Crippen LogP contribution in [0, 0.1) is 12.8 Å². The molecule has 1 aromatic carbocycles. The average Bonchev–Trinajstić information content (AvgIpc) is 2.95. The summed E-state index contributed by atoms with van der Waals surface area (Å²) in [4.78, 5) is 30.6. The average molecular weight is 309 g/mol. The molecule has 1 aliphatic heterocycles. The van der Waals surface area contributed by atoms with Crippen molar-refractivity contribution in [2.75, 3.05) is 11.4 Å². The van der Waals surface area contributed by atoms with Gasteiger partial charge >= 0.3 is 0 Å². The molecule has 0 aliphatic carbocycles. The summed E-state index contributed by atoms with van der Waals surface area (Å²) in [6.45, 7) is 2.94. The minimum Gasteiger partial charge on any atom is -0.351 e. The van der Waals surface area contributed by atoms with E-state index in [-0.39, 0.29) is 11.8 Å². The van der Waals surface area contributed by atoms with E-state index in [2.05, 4.69) is 10.3 Å². The maximum Gasteiger partial charge on any atom is 0.239 e. The normalized spacial score (nSPS) is 17.3. The highest BCUT2D eigenvalue weighted by molar-refractivity contribution is 6.09. The molecule has 5 heteroatoms. The molecule has 1 atom stereocenters. The molecule has 23 heavy (non-hydrogen) atoms. The predicted molar refractivity (Wildman–Crippen MR) is 87.7 cm³/mol. The molecular weight excluding hydrogens is 290 g/mol. The molecule has 0 bridgehead atoms. The van der Waals surface area contributed by atoms with Crippen molar-refractivity contribution < 1.29 is 9.59 Å². The fourth-order valence-electron chi connectivity index (χ4n) is 2.84. The van der Waals surface area contributed by atoms with Gasteiger partial charge in [0.2, 0.25) is 11.8 Å². The maximum absolute atomic E-state index is 12.6. The Morgan fingerprint density at radius 3 is 2.87 bits per heavy atom. The molecule has 1 aliphatic rings. The van der Waals surface area contributed by atoms with Gasteiger partial charge in [0, 0.05) is 31.2 Å². The number of anilines is 1. The molecule has 1 N–H and O–H groups in total. The SMILES string of the molecule is Cc1ccccc1N1CCC(C(=O)NCc2cccnc2)C1=O. The molecule has 1 unspecified atom stereocenters. The van der Waals surface area contributed by atoms with Crippen molar-refractivity contribution in [3.63, 3.8) is 0 Å². The Morgan fingerprint density at radius 2 is 2.13 bits per heavy atom. The van der Waals surface area contributed by atoms with Crippen LogP contribution < -0.4 is 10.2 Å². The molecule has 0 radical (unpaired) electrons. The van der Waals surface area contributed by atoms with Gasteiger partial charge < -0.3 is 10.2 Å². The summed E-state index contributed by atoms with van der Waals surface area (Å²) < 4.78 is 0. The number of hydrogen-bond donors (Lipinski definition) is 1. The van der Waals surface area contributed by atoms with Gasteiger partial charge in [-0.1, -0.05) is 24.3 Å². The first-order valence-corrected chi connectivity index (χ1v) is 7.70. The van der Waals surface area contributed by atoms with Crippen LogP contribution in [-0.2, 0) is 16.1 Å². The largest absolute Gasteiger partial charge is 0.351 e. The summed E-state index contributed by atoms with van der Waals surface area (Å²) in [6.07, 6.45) is 3.94. The number of benzene rings is 1. The summed E-state index contributed by atoms with van der Waals surface area (Å²) in [5, 5.41) is 2.83. The van der Waals surface area contributed by atoms with Crippen LogP contribution in [0.4, 0.5) is 5.69 Å². The summed E-state index contributed by atoms with van der Waals surface area (Å²) in [6, 6.07) is 11.5. The molecule has 0 saturated carbocycles. The fourth-order valence-corrected chi connectivity index (χ4v) is 2.84. The van der Waals surface area contributed by atoms with Crippen molar-refractivity contribution in [1.82, 2.24) is 10.3 Å². The predicted octanol–water partition coefficient (Wildman–Crippen LogP) is 2.06. The van der Waals surface area contributed by atoms with Gasteiger partial charge in [0.25, 0.3) is 0 Å². The number of aromatic nitrogens is 1. The number of nitrogens with zero attached hydrogens (tertiary/aromatic N) is 2. The minimum absolute atomic E-state index is 0.122. The van der Waals surface area contributed by atoms with Crippen LogP contribution in [0.3, 0.4) is 0 Å². The first-order valence-electron chi connectivity index (χ1n) is 7.70. The highest BCUT2D eigenvalue weighted by atomic mass is 16.2. The molecule has 118 valence electrons. The van der Waals surface area contributed by atoms with Gasteiger partial charge in [-0.2, -0.15) is 0 Å². The Labute approximate surface area is 135 Å². The van der Waals surface area contributed by atoms with Crippen LogP contribution in [0.1, 0.15) is 17.5 Å². The second kappa shape index (κ2) is 6.60. The maximum atomic E-state index is 12.6. The van der Waals surface area contributed by atoms with Crippen LogP contribution in [0.2, 0.25) is 0 Å². The van der Waals surface area contributed by atoms with Gasteiger partial charge in [-0.3, -0.25) is 14.6 Å². The van der Waals surface area contributed by atoms with Crippen LogP contribution in [0.15, 0.2) is 48.8 Å². The second-order valence-electron chi connectivity index (χ2n) is 5.70. The minimum atomic E-state index is -0.605. The Hall–Kier alpha value is -2.69. The number of carbonyl (C=O) groups excluding carboxylic acids is 2. The lowest BCUT2D eigenvalue weighted by molar-refractivity contribution is -0.132. The van der Waals surface area contributed by atoms with Crippen molar-refractivity contribution >= 4 is 17.5 Å². The molecule has 1 fully saturated rings. The van der Waals surface area contributed by atoms with Crippen LogP contribution in [0.25, 0.3) is 0 Å². The fraction of sp³-hybridized carbons (Fsp3) is 0.278. The molecule has 1 aromatic heterocycles. The quantitative estimate of drug-likeness (QED) is 0.879. The zero-order valence-corrected chi connectivity index (χ0v) is 13.0. The second-order valence-corrected chi connectivity index (χ2v) is 5.70. The van der Waals surface area contributed by atoms with E-state index < -0.39 is 5.92 Å². The number of rotatable bonds is 4. The Balaban J connectivity index is 1.65. The van der Waals surface area contributed by atoms with E-state index in [1.54, 1.807) is 17.3 Å². The van der Waals surface area contributed by atoms with E-state index in [0.29, 0.717) is 19.5 Å². The van der Waals surface area contributed by atoms with Gasteiger partial charge in [-0.15, -0.1) is 0 Å². The smallest absolute Gasteiger partial charge is 0.239 e. The van der Waals surface area contributed by atoms with E-state index in [4.69, 9.17) is 0 Å². The third-order valence-corrected chi connectivity index (χ3v) is 4.12. The highest BCUT2D eigenvalue weighted by Crippen LogP contribution is 2.27. The van der Waals surface area contributed by atoms with Crippen molar-refractivity contribution in [3.8, 4) is 0 Å². The summed E-state index contributed by atoms with van der Waals surface area (Å²) in [5.41, 5.74) is 2.85. The molecule has 1 saturated heterocycles. The molecule has 2 aromatic rings. The van der Waals surface area contributed by atoms with E-state index in [1.165, 1.54) is 0 Å². The van der Waals surface area contributed by atoms with Crippen molar-refractivity contribution in [1.29, 1.82) is 0 Å². The number of carbonyl (C=O) groups is 2. The van der Waals surface area contributed by atoms with Gasteiger partial charge in [-0.25, -0.2) is 0 Å². The Bertz CT molecular complexity index is 715. The highest BCUT2D eigenvalue weighted by Gasteiger charge is 2.37. The number of amides is 2. The van der Waals surface area contributed by atoms with Gasteiger partial charge in [0.15, 0.2) is 0 Å². The van der Waals surface area contributed by atoms with Crippen molar-refractivity contribution in [2.45, 2.75) is 19.9 Å². The summed E-state index contributed by atoms with van der Waals surface area (Å²) >= 11 is 0. The van der Waals surface area contributed by atoms with Crippen LogP contribution >= 0.6 is 0 Å². The number of hydrogen-bond acceptors (Lipinski definition) is 3. The molecule has 5 nitrogen and oxygen atoms in total. The number of aryl methyl sites for hydroxylation is 1. The van der Waals surface area contributed by atoms with E-state index >= 15 is 0 Å². The first kappa shape index (κ1) is 15.2. The summed E-state index contributed by atoms with van der Waals surface area (Å²) in [7, 11) is 0. The van der Waals surface area contributed by atoms with E-state index in [1.807, 2.05) is 43.3 Å². The van der Waals surface area contributed by atoms with Crippen molar-refractivity contribution in [3.05, 3.63) is 59.9 Å². The van der Waals surface area contributed by atoms with Gasteiger partial charge in [0.05, 0.1) is 0 Å².